The molecule has 0 bridgehead atoms. The van der Waals surface area contributed by atoms with Crippen molar-refractivity contribution in [3.8, 4) is 0 Å². The first kappa shape index (κ1) is 19.4. The van der Waals surface area contributed by atoms with Gasteiger partial charge in [-0.05, 0) is 50.1 Å². The first-order valence-electron chi connectivity index (χ1n) is 10.2. The van der Waals surface area contributed by atoms with E-state index in [-0.39, 0.29) is 24.4 Å². The smallest absolute Gasteiger partial charge is 0.190 e. The normalized spacial score (nSPS) is 35.2. The van der Waals surface area contributed by atoms with Crippen LogP contribution in [0.15, 0.2) is 42.5 Å². The number of fused-ring (bicyclic) bond motifs is 2. The van der Waals surface area contributed by atoms with E-state index in [1.807, 2.05) is 39.8 Å². The molecule has 0 saturated carbocycles. The lowest BCUT2D eigenvalue weighted by Crippen LogP contribution is -2.44. The summed E-state index contributed by atoms with van der Waals surface area (Å²) in [7, 11) is 0. The van der Waals surface area contributed by atoms with Crippen molar-refractivity contribution in [2.24, 2.45) is 0 Å². The van der Waals surface area contributed by atoms with Gasteiger partial charge in [-0.2, -0.15) is 0 Å². The zero-order chi connectivity index (χ0) is 20.2. The van der Waals surface area contributed by atoms with Gasteiger partial charge in [0.2, 0.25) is 0 Å². The fraction of sp³-hybridized carbons (Fsp3) is 0.565. The van der Waals surface area contributed by atoms with Crippen LogP contribution in [-0.4, -0.2) is 48.9 Å². The lowest BCUT2D eigenvalue weighted by Gasteiger charge is -2.29. The molecule has 3 heterocycles. The Kier molecular flexibility index (Phi) is 4.70. The monoisotopic (exact) mass is 400 g/mol. The van der Waals surface area contributed by atoms with Gasteiger partial charge in [-0.25, -0.2) is 0 Å². The summed E-state index contributed by atoms with van der Waals surface area (Å²) in [5.41, 5.74) is 1.10. The van der Waals surface area contributed by atoms with Gasteiger partial charge in [0, 0.05) is 0 Å². The zero-order valence-corrected chi connectivity index (χ0v) is 17.3. The van der Waals surface area contributed by atoms with Gasteiger partial charge >= 0.3 is 0 Å². The van der Waals surface area contributed by atoms with Crippen LogP contribution in [0.1, 0.15) is 33.3 Å². The molecule has 0 aliphatic carbocycles. The van der Waals surface area contributed by atoms with Gasteiger partial charge in [0.25, 0.3) is 0 Å². The van der Waals surface area contributed by atoms with Crippen LogP contribution < -0.4 is 0 Å². The van der Waals surface area contributed by atoms with Crippen molar-refractivity contribution in [2.45, 2.75) is 76.6 Å². The van der Waals surface area contributed by atoms with Gasteiger partial charge < -0.3 is 28.4 Å². The van der Waals surface area contributed by atoms with Crippen molar-refractivity contribution in [2.75, 3.05) is 6.61 Å². The van der Waals surface area contributed by atoms with Gasteiger partial charge in [-0.1, -0.05) is 36.4 Å². The van der Waals surface area contributed by atoms with Crippen LogP contribution in [0.25, 0.3) is 10.8 Å². The Morgan fingerprint density at radius 3 is 2.45 bits per heavy atom. The second-order valence-corrected chi connectivity index (χ2v) is 8.89. The summed E-state index contributed by atoms with van der Waals surface area (Å²) in [5, 5.41) is 2.41. The molecule has 2 unspecified atom stereocenters. The summed E-state index contributed by atoms with van der Waals surface area (Å²) in [6, 6.07) is 14.7. The van der Waals surface area contributed by atoms with E-state index in [4.69, 9.17) is 28.4 Å². The third kappa shape index (κ3) is 3.81. The Hall–Kier alpha value is -1.54. The van der Waals surface area contributed by atoms with Gasteiger partial charge in [-0.3, -0.25) is 0 Å². The second kappa shape index (κ2) is 7.01. The van der Waals surface area contributed by atoms with Crippen LogP contribution in [0, 0.1) is 0 Å². The van der Waals surface area contributed by atoms with E-state index in [9.17, 15) is 0 Å². The minimum atomic E-state index is -0.697. The molecule has 5 atom stereocenters. The number of hydrogen-bond donors (Lipinski definition) is 0. The van der Waals surface area contributed by atoms with E-state index >= 15 is 0 Å². The lowest BCUT2D eigenvalue weighted by molar-refractivity contribution is -0.236. The first-order chi connectivity index (χ1) is 13.8. The Balaban J connectivity index is 1.35. The average Bonchev–Trinajstić information content (AvgIpc) is 3.28. The average molecular weight is 400 g/mol. The predicted octanol–water partition coefficient (Wildman–Crippen LogP) is 3.75. The molecule has 2 aromatic carbocycles. The third-order valence-electron chi connectivity index (χ3n) is 5.68. The van der Waals surface area contributed by atoms with E-state index in [1.165, 1.54) is 10.8 Å². The Labute approximate surface area is 171 Å². The summed E-state index contributed by atoms with van der Waals surface area (Å²) in [5.74, 6) is -1.33. The predicted molar refractivity (Wildman–Crippen MR) is 106 cm³/mol. The molecular formula is C23H28O6. The molecule has 3 aliphatic rings. The molecule has 3 saturated heterocycles. The van der Waals surface area contributed by atoms with Crippen LogP contribution in [0.5, 0.6) is 0 Å². The van der Waals surface area contributed by atoms with Gasteiger partial charge in [0.05, 0.1) is 13.2 Å². The maximum atomic E-state index is 6.37. The number of ether oxygens (including phenoxy) is 6. The number of hydrogen-bond acceptors (Lipinski definition) is 6. The molecule has 5 rings (SSSR count). The van der Waals surface area contributed by atoms with E-state index in [2.05, 4.69) is 30.3 Å². The molecule has 0 aromatic heterocycles. The molecule has 29 heavy (non-hydrogen) atoms. The van der Waals surface area contributed by atoms with E-state index < -0.39 is 17.9 Å². The van der Waals surface area contributed by atoms with E-state index in [1.54, 1.807) is 0 Å². The highest BCUT2D eigenvalue weighted by molar-refractivity contribution is 5.82. The van der Waals surface area contributed by atoms with Gasteiger partial charge in [0.1, 0.15) is 24.4 Å². The molecular weight excluding hydrogens is 372 g/mol. The minimum absolute atomic E-state index is 0.229. The lowest BCUT2D eigenvalue weighted by atomic mass is 10.1. The molecule has 6 nitrogen and oxygen atoms in total. The largest absolute Gasteiger partial charge is 0.368 e. The fourth-order valence-corrected chi connectivity index (χ4v) is 4.39. The fourth-order valence-electron chi connectivity index (χ4n) is 4.39. The molecule has 3 aliphatic heterocycles. The highest BCUT2D eigenvalue weighted by Gasteiger charge is 2.58. The Bertz CT molecular complexity index is 894. The molecule has 2 aromatic rings. The second-order valence-electron chi connectivity index (χ2n) is 8.89. The highest BCUT2D eigenvalue weighted by atomic mass is 16.8. The Morgan fingerprint density at radius 1 is 0.897 bits per heavy atom. The van der Waals surface area contributed by atoms with Crippen LogP contribution in [-0.2, 0) is 35.0 Å². The molecule has 3 fully saturated rings. The number of benzene rings is 2. The molecule has 0 spiro atoms. The third-order valence-corrected chi connectivity index (χ3v) is 5.68. The molecule has 0 amide bonds. The quantitative estimate of drug-likeness (QED) is 0.779. The summed E-state index contributed by atoms with van der Waals surface area (Å²) in [6.07, 6.45) is -1.63. The van der Waals surface area contributed by atoms with Crippen LogP contribution >= 0.6 is 0 Å². The highest BCUT2D eigenvalue weighted by Crippen LogP contribution is 2.42. The molecule has 0 radical (unpaired) electrons. The van der Waals surface area contributed by atoms with Crippen molar-refractivity contribution in [3.63, 3.8) is 0 Å². The van der Waals surface area contributed by atoms with Crippen LogP contribution in [0.3, 0.4) is 0 Å². The maximum Gasteiger partial charge on any atom is 0.190 e. The molecule has 0 N–H and O–H groups in total. The van der Waals surface area contributed by atoms with Crippen molar-refractivity contribution in [1.82, 2.24) is 0 Å². The topological polar surface area (TPSA) is 55.4 Å². The summed E-state index contributed by atoms with van der Waals surface area (Å²) in [6.45, 7) is 8.51. The summed E-state index contributed by atoms with van der Waals surface area (Å²) < 4.78 is 36.4. The maximum absolute atomic E-state index is 6.37. The van der Waals surface area contributed by atoms with Crippen LogP contribution in [0.2, 0.25) is 0 Å². The summed E-state index contributed by atoms with van der Waals surface area (Å²) in [4.78, 5) is 0. The number of rotatable bonds is 4. The van der Waals surface area contributed by atoms with Gasteiger partial charge in [-0.15, -0.1) is 0 Å². The van der Waals surface area contributed by atoms with Crippen molar-refractivity contribution < 1.29 is 28.4 Å². The SMILES string of the molecule is CC1(C)OCC([C@@H]2O[C@H]3OC(C)(C)OC3[C@H]2OCc2ccc3ccccc3c2)O1. The molecule has 6 heteroatoms. The van der Waals surface area contributed by atoms with Crippen LogP contribution in [0.4, 0.5) is 0 Å². The minimum Gasteiger partial charge on any atom is -0.368 e. The molecule has 156 valence electrons. The zero-order valence-electron chi connectivity index (χ0n) is 17.3. The summed E-state index contributed by atoms with van der Waals surface area (Å²) >= 11 is 0. The Morgan fingerprint density at radius 2 is 1.69 bits per heavy atom. The van der Waals surface area contributed by atoms with Crippen molar-refractivity contribution in [3.05, 3.63) is 48.0 Å². The first-order valence-corrected chi connectivity index (χ1v) is 10.2. The standard InChI is InChI=1S/C23H28O6/c1-22(2)25-13-17(27-22)18-19(20-21(26-18)29-23(3,4)28-20)24-12-14-9-10-15-7-5-6-8-16(15)11-14/h5-11,17-21H,12-13H2,1-4H3/t17?,18-,19-,20?,21-/m0/s1. The van der Waals surface area contributed by atoms with E-state index in [0.29, 0.717) is 13.2 Å². The van der Waals surface area contributed by atoms with Crippen molar-refractivity contribution in [1.29, 1.82) is 0 Å². The van der Waals surface area contributed by atoms with Gasteiger partial charge in [0.15, 0.2) is 17.9 Å². The van der Waals surface area contributed by atoms with Crippen molar-refractivity contribution >= 4 is 10.8 Å². The van der Waals surface area contributed by atoms with E-state index in [0.717, 1.165) is 5.56 Å².